The molecular formula is C25H29N3O2. The monoisotopic (exact) mass is 403 g/mol. The molecule has 5 heteroatoms. The van der Waals surface area contributed by atoms with Crippen molar-refractivity contribution in [1.29, 1.82) is 0 Å². The van der Waals surface area contributed by atoms with Gasteiger partial charge in [0.2, 0.25) is 11.8 Å². The number of carbonyl (C=O) groups is 2. The predicted molar refractivity (Wildman–Crippen MR) is 116 cm³/mol. The Labute approximate surface area is 178 Å². The minimum atomic E-state index is -0.163. The van der Waals surface area contributed by atoms with Gasteiger partial charge >= 0.3 is 0 Å². The van der Waals surface area contributed by atoms with Gasteiger partial charge in [-0.1, -0.05) is 54.1 Å². The number of carbonyl (C=O) groups excluding carboxylic acids is 2. The van der Waals surface area contributed by atoms with Gasteiger partial charge < -0.3 is 0 Å². The standard InChI is InChI=1S/C25H29N3O2/c1-18-5-4-6-19(13-18)14-27-16-22-23(17-27)25(30)28(24(22)29)12-11-26-10-9-20-7-2-3-8-21(20)15-26/h2-8,13,22-23H,9-12,14-17H2,1H3/t22-,23+. The van der Waals surface area contributed by atoms with Gasteiger partial charge in [-0.25, -0.2) is 0 Å². The van der Waals surface area contributed by atoms with Gasteiger partial charge in [-0.05, 0) is 30.0 Å². The minimum Gasteiger partial charge on any atom is -0.297 e. The maximum absolute atomic E-state index is 13.0. The van der Waals surface area contributed by atoms with E-state index in [0.29, 0.717) is 19.6 Å². The molecule has 0 aliphatic carbocycles. The highest BCUT2D eigenvalue weighted by Crippen LogP contribution is 2.34. The van der Waals surface area contributed by atoms with Gasteiger partial charge in [0.05, 0.1) is 11.8 Å². The maximum atomic E-state index is 13.0. The van der Waals surface area contributed by atoms with E-state index < -0.39 is 0 Å². The molecule has 0 bridgehead atoms. The third-order valence-electron chi connectivity index (χ3n) is 6.90. The Bertz CT molecular complexity index is 948. The molecule has 3 aliphatic heterocycles. The summed E-state index contributed by atoms with van der Waals surface area (Å²) >= 11 is 0. The molecule has 2 saturated heterocycles. The van der Waals surface area contributed by atoms with Gasteiger partial charge in [0.1, 0.15) is 0 Å². The number of likely N-dealkylation sites (tertiary alicyclic amines) is 2. The molecule has 0 saturated carbocycles. The van der Waals surface area contributed by atoms with Crippen molar-refractivity contribution in [1.82, 2.24) is 14.7 Å². The summed E-state index contributed by atoms with van der Waals surface area (Å²) in [6.45, 7) is 7.46. The van der Waals surface area contributed by atoms with Gasteiger partial charge in [-0.3, -0.25) is 24.3 Å². The second kappa shape index (κ2) is 7.97. The number of amides is 2. The normalized spacial score (nSPS) is 24.4. The van der Waals surface area contributed by atoms with E-state index in [1.807, 2.05) is 0 Å². The lowest BCUT2D eigenvalue weighted by Gasteiger charge is -2.30. The lowest BCUT2D eigenvalue weighted by atomic mass is 10.00. The fraction of sp³-hybridized carbons (Fsp3) is 0.440. The maximum Gasteiger partial charge on any atom is 0.234 e. The van der Waals surface area contributed by atoms with E-state index in [2.05, 4.69) is 65.3 Å². The Hall–Kier alpha value is -2.50. The van der Waals surface area contributed by atoms with Gasteiger partial charge in [0, 0.05) is 45.8 Å². The molecular weight excluding hydrogens is 374 g/mol. The summed E-state index contributed by atoms with van der Waals surface area (Å²) in [4.78, 5) is 32.1. The van der Waals surface area contributed by atoms with Crippen LogP contribution in [0.5, 0.6) is 0 Å². The lowest BCUT2D eigenvalue weighted by Crippen LogP contribution is -2.42. The summed E-state index contributed by atoms with van der Waals surface area (Å²) in [5.74, 6) is -0.253. The number of fused-ring (bicyclic) bond motifs is 2. The average Bonchev–Trinajstić information content (AvgIpc) is 3.25. The molecule has 0 radical (unpaired) electrons. The van der Waals surface area contributed by atoms with Crippen molar-refractivity contribution < 1.29 is 9.59 Å². The van der Waals surface area contributed by atoms with Crippen molar-refractivity contribution in [3.8, 4) is 0 Å². The van der Waals surface area contributed by atoms with Crippen LogP contribution in [0.3, 0.4) is 0 Å². The Morgan fingerprint density at radius 2 is 1.60 bits per heavy atom. The third kappa shape index (κ3) is 3.68. The van der Waals surface area contributed by atoms with Crippen LogP contribution in [-0.2, 0) is 29.1 Å². The zero-order valence-corrected chi connectivity index (χ0v) is 17.6. The smallest absolute Gasteiger partial charge is 0.234 e. The molecule has 2 fully saturated rings. The lowest BCUT2D eigenvalue weighted by molar-refractivity contribution is -0.140. The van der Waals surface area contributed by atoms with Crippen LogP contribution in [0.15, 0.2) is 48.5 Å². The van der Waals surface area contributed by atoms with Crippen LogP contribution in [0, 0.1) is 18.8 Å². The molecule has 30 heavy (non-hydrogen) atoms. The molecule has 5 nitrogen and oxygen atoms in total. The SMILES string of the molecule is Cc1cccc(CN2C[C@@H]3C(=O)N(CCN4CCc5ccccc5C4)C(=O)[C@@H]3C2)c1. The molecule has 0 spiro atoms. The minimum absolute atomic E-state index is 0.0363. The first-order valence-corrected chi connectivity index (χ1v) is 11.0. The first-order valence-electron chi connectivity index (χ1n) is 11.0. The Kier molecular flexibility index (Phi) is 5.17. The van der Waals surface area contributed by atoms with Crippen LogP contribution < -0.4 is 0 Å². The van der Waals surface area contributed by atoms with E-state index in [4.69, 9.17) is 0 Å². The van der Waals surface area contributed by atoms with Crippen LogP contribution in [0.4, 0.5) is 0 Å². The van der Waals surface area contributed by atoms with E-state index in [0.717, 1.165) is 32.6 Å². The molecule has 3 heterocycles. The van der Waals surface area contributed by atoms with Crippen LogP contribution in [0.25, 0.3) is 0 Å². The largest absolute Gasteiger partial charge is 0.297 e. The predicted octanol–water partition coefficient (Wildman–Crippen LogP) is 2.47. The number of hydrogen-bond acceptors (Lipinski definition) is 4. The van der Waals surface area contributed by atoms with Crippen LogP contribution in [0.1, 0.15) is 22.3 Å². The fourth-order valence-corrected chi connectivity index (χ4v) is 5.30. The highest BCUT2D eigenvalue weighted by Gasteiger charge is 2.51. The Morgan fingerprint density at radius 1 is 0.867 bits per heavy atom. The third-order valence-corrected chi connectivity index (χ3v) is 6.90. The van der Waals surface area contributed by atoms with Crippen LogP contribution in [-0.4, -0.2) is 59.2 Å². The molecule has 156 valence electrons. The highest BCUT2D eigenvalue weighted by molar-refractivity contribution is 6.05. The zero-order valence-electron chi connectivity index (χ0n) is 17.6. The molecule has 0 unspecified atom stereocenters. The van der Waals surface area contributed by atoms with Crippen molar-refractivity contribution in [2.24, 2.45) is 11.8 Å². The molecule has 5 rings (SSSR count). The molecule has 2 amide bonds. The second-order valence-electron chi connectivity index (χ2n) is 9.02. The van der Waals surface area contributed by atoms with Crippen molar-refractivity contribution in [2.45, 2.75) is 26.4 Å². The molecule has 0 aromatic heterocycles. The first kappa shape index (κ1) is 19.5. The Morgan fingerprint density at radius 3 is 2.33 bits per heavy atom. The van der Waals surface area contributed by atoms with E-state index >= 15 is 0 Å². The molecule has 2 aromatic rings. The van der Waals surface area contributed by atoms with Crippen LogP contribution >= 0.6 is 0 Å². The molecule has 0 N–H and O–H groups in total. The van der Waals surface area contributed by atoms with Gasteiger partial charge in [-0.15, -0.1) is 0 Å². The fourth-order valence-electron chi connectivity index (χ4n) is 5.30. The summed E-state index contributed by atoms with van der Waals surface area (Å²) in [5, 5.41) is 0. The summed E-state index contributed by atoms with van der Waals surface area (Å²) in [6, 6.07) is 17.0. The highest BCUT2D eigenvalue weighted by atomic mass is 16.2. The van der Waals surface area contributed by atoms with Crippen molar-refractivity contribution in [2.75, 3.05) is 32.7 Å². The summed E-state index contributed by atoms with van der Waals surface area (Å²) < 4.78 is 0. The number of hydrogen-bond donors (Lipinski definition) is 0. The molecule has 2 aromatic carbocycles. The van der Waals surface area contributed by atoms with Crippen LogP contribution in [0.2, 0.25) is 0 Å². The van der Waals surface area contributed by atoms with Gasteiger partial charge in [0.15, 0.2) is 0 Å². The summed E-state index contributed by atoms with van der Waals surface area (Å²) in [7, 11) is 0. The van der Waals surface area contributed by atoms with E-state index in [1.54, 1.807) is 4.90 Å². The zero-order chi connectivity index (χ0) is 20.7. The number of nitrogens with zero attached hydrogens (tertiary/aromatic N) is 3. The van der Waals surface area contributed by atoms with E-state index in [9.17, 15) is 9.59 Å². The first-order chi connectivity index (χ1) is 14.6. The second-order valence-corrected chi connectivity index (χ2v) is 9.02. The number of rotatable bonds is 5. The van der Waals surface area contributed by atoms with Crippen molar-refractivity contribution in [3.05, 3.63) is 70.8 Å². The number of imide groups is 1. The number of benzene rings is 2. The topological polar surface area (TPSA) is 43.9 Å². The Balaban J connectivity index is 1.17. The average molecular weight is 404 g/mol. The quantitative estimate of drug-likeness (QED) is 0.720. The number of aryl methyl sites for hydroxylation is 1. The van der Waals surface area contributed by atoms with Gasteiger partial charge in [0.25, 0.3) is 0 Å². The van der Waals surface area contributed by atoms with Gasteiger partial charge in [-0.2, -0.15) is 0 Å². The van der Waals surface area contributed by atoms with Crippen molar-refractivity contribution in [3.63, 3.8) is 0 Å². The van der Waals surface area contributed by atoms with E-state index in [-0.39, 0.29) is 23.7 Å². The molecule has 2 atom stereocenters. The summed E-state index contributed by atoms with van der Waals surface area (Å²) in [6.07, 6.45) is 1.04. The summed E-state index contributed by atoms with van der Waals surface area (Å²) in [5.41, 5.74) is 5.28. The molecule has 3 aliphatic rings. The van der Waals surface area contributed by atoms with Crippen molar-refractivity contribution >= 4 is 11.8 Å². The van der Waals surface area contributed by atoms with E-state index in [1.165, 1.54) is 22.3 Å².